The van der Waals surface area contributed by atoms with Gasteiger partial charge in [0, 0.05) is 35.1 Å². The van der Waals surface area contributed by atoms with Crippen LogP contribution < -0.4 is 5.73 Å². The van der Waals surface area contributed by atoms with Gasteiger partial charge in [-0.3, -0.25) is 9.78 Å². The van der Waals surface area contributed by atoms with Crippen molar-refractivity contribution in [2.45, 2.75) is 76.2 Å². The van der Waals surface area contributed by atoms with Crippen molar-refractivity contribution in [3.63, 3.8) is 0 Å². The number of nitrogens with one attached hydrogen (secondary N) is 1. The highest BCUT2D eigenvalue weighted by Crippen LogP contribution is 2.44. The lowest BCUT2D eigenvalue weighted by atomic mass is 9.92. The number of H-pyrrole nitrogens is 1. The average Bonchev–Trinajstić information content (AvgIpc) is 3.57. The van der Waals surface area contributed by atoms with Crippen molar-refractivity contribution in [3.8, 4) is 11.3 Å². The Labute approximate surface area is 253 Å². The van der Waals surface area contributed by atoms with E-state index < -0.39 is 44.2 Å². The van der Waals surface area contributed by atoms with Gasteiger partial charge in [-0.2, -0.15) is 8.78 Å². The van der Waals surface area contributed by atoms with Crippen molar-refractivity contribution < 1.29 is 26.8 Å². The molecule has 0 spiro atoms. The number of amides is 1. The third kappa shape index (κ3) is 5.72. The van der Waals surface area contributed by atoms with Crippen molar-refractivity contribution in [2.24, 2.45) is 0 Å². The molecule has 3 aromatic rings. The van der Waals surface area contributed by atoms with Crippen LogP contribution in [0.15, 0.2) is 36.7 Å². The molecule has 13 heteroatoms. The van der Waals surface area contributed by atoms with Gasteiger partial charge in [0.1, 0.15) is 18.1 Å². The second-order valence-electron chi connectivity index (χ2n) is 12.6. The van der Waals surface area contributed by atoms with Crippen molar-refractivity contribution in [2.75, 3.05) is 12.3 Å². The summed E-state index contributed by atoms with van der Waals surface area (Å²) in [6.07, 6.45) is 5.36. The number of alkyl halides is 2. The average molecular weight is 636 g/mol. The summed E-state index contributed by atoms with van der Waals surface area (Å²) in [6, 6.07) is 3.46. The van der Waals surface area contributed by atoms with Gasteiger partial charge in [-0.25, -0.2) is 13.8 Å². The number of hydrogen-bond acceptors (Lipinski definition) is 5. The van der Waals surface area contributed by atoms with E-state index in [1.807, 2.05) is 33.9 Å². The van der Waals surface area contributed by atoms with Crippen LogP contribution in [0.25, 0.3) is 16.8 Å². The third-order valence-electron chi connectivity index (χ3n) is 8.82. The van der Waals surface area contributed by atoms with Gasteiger partial charge in [0.15, 0.2) is 20.0 Å². The molecular weight excluding hydrogens is 602 g/mol. The number of carbonyl (C=O) groups excluding carboxylic acids is 1. The quantitative estimate of drug-likeness (QED) is 0.158. The van der Waals surface area contributed by atoms with Crippen LogP contribution in [0, 0.1) is 11.6 Å². The zero-order valence-electron chi connectivity index (χ0n) is 24.6. The standard InChI is InChI=1S/C30H34ClF4N5O2Si/c1-29(2,3)43(4,5)42-15-30(34,35)27-25(32)18(10-11-37-27)21-14-38-28(39-21)22-9-6-17-12-16(13-23(41)40(17)22)24-20(36)8-7-19(31)26(24)33/h7-8,10-11,13-14,17,22H,6,9,12,15,36H2,1-5H3,(H,38,39)/t17-,22?/m1/s1. The zero-order valence-corrected chi connectivity index (χ0v) is 26.3. The lowest BCUT2D eigenvalue weighted by Gasteiger charge is -2.37. The highest BCUT2D eigenvalue weighted by molar-refractivity contribution is 6.74. The van der Waals surface area contributed by atoms with E-state index in [9.17, 15) is 9.18 Å². The Kier molecular flexibility index (Phi) is 8.02. The zero-order chi connectivity index (χ0) is 31.5. The van der Waals surface area contributed by atoms with Crippen LogP contribution >= 0.6 is 11.6 Å². The largest absolute Gasteiger partial charge is 0.410 e. The van der Waals surface area contributed by atoms with Gasteiger partial charge >= 0.3 is 5.92 Å². The van der Waals surface area contributed by atoms with E-state index in [0.717, 1.165) is 6.20 Å². The van der Waals surface area contributed by atoms with Crippen LogP contribution in [0.1, 0.15) is 63.2 Å². The monoisotopic (exact) mass is 635 g/mol. The lowest BCUT2D eigenvalue weighted by molar-refractivity contribution is -0.129. The fourth-order valence-electron chi connectivity index (χ4n) is 5.39. The molecular formula is C30H34ClF4N5O2Si. The van der Waals surface area contributed by atoms with E-state index in [-0.39, 0.29) is 44.5 Å². The maximum Gasteiger partial charge on any atom is 0.314 e. The summed E-state index contributed by atoms with van der Waals surface area (Å²) < 4.78 is 66.5. The molecule has 3 N–H and O–H groups in total. The fourth-order valence-corrected chi connectivity index (χ4v) is 6.53. The molecule has 1 aromatic carbocycles. The number of nitrogen functional groups attached to an aromatic ring is 1. The number of benzene rings is 1. The predicted octanol–water partition coefficient (Wildman–Crippen LogP) is 7.62. The molecule has 2 aliphatic rings. The molecule has 5 rings (SSSR count). The molecule has 0 radical (unpaired) electrons. The molecule has 2 aromatic heterocycles. The summed E-state index contributed by atoms with van der Waals surface area (Å²) in [5.74, 6) is -5.46. The molecule has 4 heterocycles. The van der Waals surface area contributed by atoms with E-state index in [1.165, 1.54) is 30.5 Å². The number of fused-ring (bicyclic) bond motifs is 1. The highest BCUT2D eigenvalue weighted by Gasteiger charge is 2.45. The first-order valence-electron chi connectivity index (χ1n) is 14.0. The van der Waals surface area contributed by atoms with Gasteiger partial charge in [-0.05, 0) is 61.2 Å². The number of hydrogen-bond donors (Lipinski definition) is 2. The molecule has 0 saturated carbocycles. The number of halogens is 5. The van der Waals surface area contributed by atoms with Gasteiger partial charge in [-0.1, -0.05) is 32.4 Å². The summed E-state index contributed by atoms with van der Waals surface area (Å²) in [5.41, 5.74) is 5.85. The maximum atomic E-state index is 15.6. The van der Waals surface area contributed by atoms with Crippen LogP contribution in [0.5, 0.6) is 0 Å². The molecule has 0 bridgehead atoms. The van der Waals surface area contributed by atoms with E-state index in [4.69, 9.17) is 21.8 Å². The maximum absolute atomic E-state index is 15.6. The summed E-state index contributed by atoms with van der Waals surface area (Å²) in [5, 5.41) is -0.381. The Hall–Kier alpha value is -3.22. The van der Waals surface area contributed by atoms with Gasteiger partial charge in [0.05, 0.1) is 23.0 Å². The smallest absolute Gasteiger partial charge is 0.314 e. The topological polar surface area (TPSA) is 97.1 Å². The molecule has 1 fully saturated rings. The first kappa shape index (κ1) is 31.2. The number of nitrogens with two attached hydrogens (primary N) is 1. The number of rotatable bonds is 7. The van der Waals surface area contributed by atoms with E-state index in [0.29, 0.717) is 30.7 Å². The van der Waals surface area contributed by atoms with Crippen molar-refractivity contribution in [1.82, 2.24) is 19.9 Å². The number of nitrogens with zero attached hydrogens (tertiary/aromatic N) is 3. The molecule has 0 aliphatic carbocycles. The minimum atomic E-state index is -3.66. The predicted molar refractivity (Wildman–Crippen MR) is 160 cm³/mol. The first-order chi connectivity index (χ1) is 20.0. The minimum absolute atomic E-state index is 0.0835. The van der Waals surface area contributed by atoms with Gasteiger partial charge in [0.2, 0.25) is 5.91 Å². The van der Waals surface area contributed by atoms with Crippen LogP contribution in [-0.4, -0.2) is 46.7 Å². The second kappa shape index (κ2) is 11.0. The van der Waals surface area contributed by atoms with Crippen molar-refractivity contribution >= 4 is 37.1 Å². The van der Waals surface area contributed by atoms with Crippen LogP contribution in [-0.2, 0) is 15.1 Å². The summed E-state index contributed by atoms with van der Waals surface area (Å²) in [7, 11) is -2.52. The first-order valence-corrected chi connectivity index (χ1v) is 17.3. The minimum Gasteiger partial charge on any atom is -0.410 e. The molecule has 1 saturated heterocycles. The molecule has 2 aliphatic heterocycles. The molecule has 43 heavy (non-hydrogen) atoms. The Morgan fingerprint density at radius 1 is 1.14 bits per heavy atom. The van der Waals surface area contributed by atoms with Gasteiger partial charge < -0.3 is 20.0 Å². The Balaban J connectivity index is 1.38. The normalized spacial score (nSPS) is 19.5. The van der Waals surface area contributed by atoms with Crippen LogP contribution in [0.4, 0.5) is 23.2 Å². The Bertz CT molecular complexity index is 1600. The highest BCUT2D eigenvalue weighted by atomic mass is 35.5. The molecule has 2 atom stereocenters. The van der Waals surface area contributed by atoms with Crippen molar-refractivity contribution in [3.05, 3.63) is 70.4 Å². The Morgan fingerprint density at radius 2 is 1.86 bits per heavy atom. The molecule has 1 unspecified atom stereocenters. The fraction of sp³-hybridized carbons (Fsp3) is 0.433. The number of aromatic amines is 1. The summed E-state index contributed by atoms with van der Waals surface area (Å²) in [6.45, 7) is 8.50. The third-order valence-corrected chi connectivity index (χ3v) is 13.6. The number of anilines is 1. The number of imidazole rings is 1. The van der Waals surface area contributed by atoms with Gasteiger partial charge in [-0.15, -0.1) is 0 Å². The number of aromatic nitrogens is 3. The van der Waals surface area contributed by atoms with Crippen molar-refractivity contribution in [1.29, 1.82) is 0 Å². The molecule has 230 valence electrons. The number of carbonyl (C=O) groups is 1. The molecule has 1 amide bonds. The van der Waals surface area contributed by atoms with Crippen LogP contribution in [0.2, 0.25) is 23.2 Å². The van der Waals surface area contributed by atoms with E-state index in [1.54, 1.807) is 4.90 Å². The van der Waals surface area contributed by atoms with E-state index in [2.05, 4.69) is 15.0 Å². The van der Waals surface area contributed by atoms with E-state index >= 15 is 13.2 Å². The molecule has 7 nitrogen and oxygen atoms in total. The Morgan fingerprint density at radius 3 is 2.56 bits per heavy atom. The SMILES string of the molecule is CC(C)(C)[Si](C)(C)OCC(F)(F)c1nccc(-c2cnc(C3CC[C@@H]4CC(c5c(N)ccc(Cl)c5F)=CC(=O)N34)[nH]2)c1F. The summed E-state index contributed by atoms with van der Waals surface area (Å²) in [4.78, 5) is 26.0. The summed E-state index contributed by atoms with van der Waals surface area (Å²) >= 11 is 5.96. The lowest BCUT2D eigenvalue weighted by Crippen LogP contribution is -2.43. The van der Waals surface area contributed by atoms with Crippen LogP contribution in [0.3, 0.4) is 0 Å². The van der Waals surface area contributed by atoms with Gasteiger partial charge in [0.25, 0.3) is 0 Å². The number of pyridine rings is 1. The second-order valence-corrected chi connectivity index (χ2v) is 17.9.